The fourth-order valence-electron chi connectivity index (χ4n) is 3.66. The summed E-state index contributed by atoms with van der Waals surface area (Å²) >= 11 is 0. The van der Waals surface area contributed by atoms with Crippen LogP contribution in [0.4, 0.5) is 5.69 Å². The van der Waals surface area contributed by atoms with Crippen LogP contribution in [0.1, 0.15) is 15.9 Å². The molecule has 5 rings (SSSR count). The number of anilines is 1. The third-order valence-electron chi connectivity index (χ3n) is 5.47. The molecule has 8 heteroatoms. The Balaban J connectivity index is 1.32. The van der Waals surface area contributed by atoms with Crippen molar-refractivity contribution in [3.63, 3.8) is 0 Å². The molecule has 0 unspecified atom stereocenters. The van der Waals surface area contributed by atoms with Gasteiger partial charge in [0.25, 0.3) is 11.5 Å². The number of methoxy groups -OCH3 is 1. The number of ether oxygens (including phenoxy) is 1. The van der Waals surface area contributed by atoms with Crippen LogP contribution >= 0.6 is 0 Å². The highest BCUT2D eigenvalue weighted by molar-refractivity contribution is 6.04. The molecule has 0 aliphatic rings. The van der Waals surface area contributed by atoms with Crippen LogP contribution in [0.3, 0.4) is 0 Å². The molecule has 2 heterocycles. The fraction of sp³-hybridized carbons (Fsp3) is 0.0769. The van der Waals surface area contributed by atoms with Crippen molar-refractivity contribution in [2.75, 3.05) is 12.4 Å². The number of fused-ring (bicyclic) bond motifs is 1. The van der Waals surface area contributed by atoms with Gasteiger partial charge in [-0.25, -0.2) is 9.67 Å². The number of rotatable bonds is 6. The smallest absolute Gasteiger partial charge is 0.264 e. The molecule has 2 aromatic heterocycles. The van der Waals surface area contributed by atoms with Gasteiger partial charge in [0.05, 0.1) is 25.5 Å². The Morgan fingerprint density at radius 1 is 0.971 bits per heavy atom. The van der Waals surface area contributed by atoms with Crippen molar-refractivity contribution in [3.8, 4) is 11.4 Å². The fourth-order valence-corrected chi connectivity index (χ4v) is 3.66. The zero-order valence-electron chi connectivity index (χ0n) is 18.4. The molecule has 0 atom stereocenters. The van der Waals surface area contributed by atoms with Crippen molar-refractivity contribution in [3.05, 3.63) is 113 Å². The molecule has 3 aromatic carbocycles. The van der Waals surface area contributed by atoms with E-state index < -0.39 is 0 Å². The molecule has 0 fully saturated rings. The first-order valence-corrected chi connectivity index (χ1v) is 10.7. The number of hydrogen-bond acceptors (Lipinski definition) is 5. The van der Waals surface area contributed by atoms with Gasteiger partial charge in [-0.05, 0) is 54.1 Å². The number of nitrogens with one attached hydrogen (secondary N) is 1. The zero-order valence-corrected chi connectivity index (χ0v) is 18.4. The van der Waals surface area contributed by atoms with E-state index in [1.807, 2.05) is 42.5 Å². The van der Waals surface area contributed by atoms with Crippen LogP contribution in [-0.2, 0) is 6.54 Å². The summed E-state index contributed by atoms with van der Waals surface area (Å²) < 4.78 is 8.31. The lowest BCUT2D eigenvalue weighted by molar-refractivity contribution is 0.102. The molecule has 0 aliphatic heterocycles. The predicted octanol–water partition coefficient (Wildman–Crippen LogP) is 3.89. The highest BCUT2D eigenvalue weighted by atomic mass is 16.5. The molecule has 168 valence electrons. The summed E-state index contributed by atoms with van der Waals surface area (Å²) in [6, 6.07) is 23.8. The van der Waals surface area contributed by atoms with Gasteiger partial charge in [-0.2, -0.15) is 5.10 Å². The third-order valence-corrected chi connectivity index (χ3v) is 5.47. The van der Waals surface area contributed by atoms with Gasteiger partial charge in [-0.3, -0.25) is 14.2 Å². The molecule has 34 heavy (non-hydrogen) atoms. The zero-order chi connectivity index (χ0) is 23.5. The third kappa shape index (κ3) is 4.16. The molecule has 1 N–H and O–H groups in total. The number of carbonyl (C=O) groups is 1. The number of amides is 1. The maximum absolute atomic E-state index is 13.0. The largest absolute Gasteiger partial charge is 0.497 e. The highest BCUT2D eigenvalue weighted by Gasteiger charge is 2.12. The Labute approximate surface area is 195 Å². The van der Waals surface area contributed by atoms with Crippen LogP contribution in [0.15, 0.2) is 96.2 Å². The summed E-state index contributed by atoms with van der Waals surface area (Å²) in [6.07, 6.45) is 3.07. The van der Waals surface area contributed by atoms with Crippen LogP contribution in [0, 0.1) is 0 Å². The van der Waals surface area contributed by atoms with E-state index >= 15 is 0 Å². The van der Waals surface area contributed by atoms with Crippen molar-refractivity contribution < 1.29 is 9.53 Å². The molecule has 0 radical (unpaired) electrons. The molecule has 5 aromatic rings. The SMILES string of the molecule is COc1ccc(NC(=O)c2ccc(Cn3cnc4c(cnn4-c4ccccc4)c3=O)cc2)cc1. The van der Waals surface area contributed by atoms with E-state index in [9.17, 15) is 9.59 Å². The Morgan fingerprint density at radius 3 is 2.41 bits per heavy atom. The lowest BCUT2D eigenvalue weighted by atomic mass is 10.1. The van der Waals surface area contributed by atoms with Gasteiger partial charge in [0.1, 0.15) is 17.5 Å². The summed E-state index contributed by atoms with van der Waals surface area (Å²) in [7, 11) is 1.59. The summed E-state index contributed by atoms with van der Waals surface area (Å²) in [5.74, 6) is 0.503. The van der Waals surface area contributed by atoms with Crippen LogP contribution in [0.5, 0.6) is 5.75 Å². The number of hydrogen-bond donors (Lipinski definition) is 1. The lowest BCUT2D eigenvalue weighted by Crippen LogP contribution is -2.21. The average Bonchev–Trinajstić information content (AvgIpc) is 3.32. The van der Waals surface area contributed by atoms with Crippen molar-refractivity contribution in [1.82, 2.24) is 19.3 Å². The molecule has 1 amide bonds. The van der Waals surface area contributed by atoms with Gasteiger partial charge >= 0.3 is 0 Å². The van der Waals surface area contributed by atoms with E-state index in [4.69, 9.17) is 4.74 Å². The molecule has 8 nitrogen and oxygen atoms in total. The van der Waals surface area contributed by atoms with E-state index in [-0.39, 0.29) is 11.5 Å². The van der Waals surface area contributed by atoms with Crippen molar-refractivity contribution in [2.24, 2.45) is 0 Å². The molecule has 0 bridgehead atoms. The van der Waals surface area contributed by atoms with Gasteiger partial charge in [0.2, 0.25) is 0 Å². The van der Waals surface area contributed by atoms with Gasteiger partial charge in [0.15, 0.2) is 5.65 Å². The van der Waals surface area contributed by atoms with Gasteiger partial charge in [0, 0.05) is 11.3 Å². The van der Waals surface area contributed by atoms with Gasteiger partial charge < -0.3 is 10.1 Å². The van der Waals surface area contributed by atoms with Crippen molar-refractivity contribution in [2.45, 2.75) is 6.54 Å². The van der Waals surface area contributed by atoms with E-state index in [0.717, 1.165) is 17.0 Å². The van der Waals surface area contributed by atoms with Crippen LogP contribution in [0.25, 0.3) is 16.7 Å². The second-order valence-corrected chi connectivity index (χ2v) is 7.69. The second kappa shape index (κ2) is 9.03. The molecule has 0 saturated carbocycles. The first-order chi connectivity index (χ1) is 16.6. The molecule has 0 saturated heterocycles. The van der Waals surface area contributed by atoms with E-state index in [1.54, 1.807) is 54.4 Å². The molecule has 0 aliphatic carbocycles. The van der Waals surface area contributed by atoms with Gasteiger partial charge in [-0.15, -0.1) is 0 Å². The number of benzene rings is 3. The first kappa shape index (κ1) is 21.1. The minimum atomic E-state index is -0.217. The van der Waals surface area contributed by atoms with Crippen LogP contribution in [0.2, 0.25) is 0 Å². The predicted molar refractivity (Wildman–Crippen MR) is 130 cm³/mol. The minimum Gasteiger partial charge on any atom is -0.497 e. The monoisotopic (exact) mass is 451 g/mol. The van der Waals surface area contributed by atoms with Crippen molar-refractivity contribution in [1.29, 1.82) is 0 Å². The summed E-state index contributed by atoms with van der Waals surface area (Å²) in [4.78, 5) is 30.0. The molecular formula is C26H21N5O3. The summed E-state index contributed by atoms with van der Waals surface area (Å²) in [5.41, 5.74) is 3.25. The summed E-state index contributed by atoms with van der Waals surface area (Å²) in [5, 5.41) is 7.64. The minimum absolute atomic E-state index is 0.173. The second-order valence-electron chi connectivity index (χ2n) is 7.69. The summed E-state index contributed by atoms with van der Waals surface area (Å²) in [6.45, 7) is 0.332. The van der Waals surface area contributed by atoms with E-state index in [1.165, 1.54) is 10.9 Å². The highest BCUT2D eigenvalue weighted by Crippen LogP contribution is 2.17. The quantitative estimate of drug-likeness (QED) is 0.423. The maximum atomic E-state index is 13.0. The number of para-hydroxylation sites is 1. The van der Waals surface area contributed by atoms with Crippen molar-refractivity contribution >= 4 is 22.6 Å². The molecular weight excluding hydrogens is 430 g/mol. The van der Waals surface area contributed by atoms with Crippen LogP contribution in [-0.4, -0.2) is 32.3 Å². The molecule has 0 spiro atoms. The van der Waals surface area contributed by atoms with E-state index in [0.29, 0.717) is 28.8 Å². The Morgan fingerprint density at radius 2 is 1.71 bits per heavy atom. The Bertz CT molecular complexity index is 1500. The maximum Gasteiger partial charge on any atom is 0.264 e. The Hall–Kier alpha value is -4.72. The standard InChI is InChI=1S/C26H21N5O3/c1-34-22-13-11-20(12-14-22)29-25(32)19-9-7-18(8-10-19)16-30-17-27-24-23(26(30)33)15-28-31(24)21-5-3-2-4-6-21/h2-15,17H,16H2,1H3,(H,29,32). The average molecular weight is 451 g/mol. The number of nitrogens with zero attached hydrogens (tertiary/aromatic N) is 4. The normalized spacial score (nSPS) is 10.9. The van der Waals surface area contributed by atoms with Crippen LogP contribution < -0.4 is 15.6 Å². The van der Waals surface area contributed by atoms with E-state index in [2.05, 4.69) is 15.4 Å². The number of aromatic nitrogens is 4. The first-order valence-electron chi connectivity index (χ1n) is 10.7. The Kier molecular flexibility index (Phi) is 5.61. The lowest BCUT2D eigenvalue weighted by Gasteiger charge is -2.09. The topological polar surface area (TPSA) is 91.0 Å². The number of carbonyl (C=O) groups excluding carboxylic acids is 1. The van der Waals surface area contributed by atoms with Gasteiger partial charge in [-0.1, -0.05) is 30.3 Å².